The predicted molar refractivity (Wildman–Crippen MR) is 58.3 cm³/mol. The molecule has 6 heteroatoms. The molecular weight excluding hydrogens is 228 g/mol. The van der Waals surface area contributed by atoms with Crippen LogP contribution < -0.4 is 0 Å². The molecule has 0 aliphatic heterocycles. The number of aryl methyl sites for hydroxylation is 1. The third-order valence-electron chi connectivity index (χ3n) is 1.88. The Morgan fingerprint density at radius 2 is 2.38 bits per heavy atom. The van der Waals surface area contributed by atoms with Crippen molar-refractivity contribution in [3.05, 3.63) is 23.3 Å². The van der Waals surface area contributed by atoms with Crippen molar-refractivity contribution in [3.63, 3.8) is 0 Å². The Bertz CT molecular complexity index is 504. The Morgan fingerprint density at radius 1 is 1.56 bits per heavy atom. The van der Waals surface area contributed by atoms with Crippen molar-refractivity contribution in [1.29, 1.82) is 0 Å². The number of thiazole rings is 1. The van der Waals surface area contributed by atoms with Gasteiger partial charge in [-0.25, -0.2) is 14.8 Å². The van der Waals surface area contributed by atoms with E-state index < -0.39 is 5.97 Å². The van der Waals surface area contributed by atoms with Gasteiger partial charge in [0.25, 0.3) is 0 Å². The van der Waals surface area contributed by atoms with E-state index >= 15 is 0 Å². The first kappa shape index (κ1) is 10.8. The van der Waals surface area contributed by atoms with E-state index in [1.54, 1.807) is 13.1 Å². The third kappa shape index (κ3) is 1.96. The summed E-state index contributed by atoms with van der Waals surface area (Å²) in [4.78, 5) is 20.3. The molecule has 0 radical (unpaired) electrons. The molecule has 2 heterocycles. The van der Waals surface area contributed by atoms with Crippen molar-refractivity contribution in [1.82, 2.24) is 9.97 Å². The summed E-state index contributed by atoms with van der Waals surface area (Å²) in [5.41, 5.74) is 0.200. The van der Waals surface area contributed by atoms with Gasteiger partial charge in [-0.1, -0.05) is 0 Å². The molecule has 0 saturated heterocycles. The van der Waals surface area contributed by atoms with E-state index in [2.05, 4.69) is 9.97 Å². The highest BCUT2D eigenvalue weighted by Gasteiger charge is 2.20. The van der Waals surface area contributed by atoms with Gasteiger partial charge in [-0.15, -0.1) is 11.3 Å². The largest absolute Gasteiger partial charge is 0.461 e. The summed E-state index contributed by atoms with van der Waals surface area (Å²) < 4.78 is 10.1. The summed E-state index contributed by atoms with van der Waals surface area (Å²) in [5.74, 6) is -0.0543. The third-order valence-corrected chi connectivity index (χ3v) is 2.79. The second-order valence-corrected chi connectivity index (χ2v) is 4.23. The van der Waals surface area contributed by atoms with E-state index in [-0.39, 0.29) is 5.69 Å². The number of oxazole rings is 1. The number of carbonyl (C=O) groups excluding carboxylic acids is 1. The van der Waals surface area contributed by atoms with Gasteiger partial charge < -0.3 is 9.15 Å². The highest BCUT2D eigenvalue weighted by atomic mass is 32.1. The molecule has 0 unspecified atom stereocenters. The Kier molecular flexibility index (Phi) is 3.00. The molecule has 0 aliphatic carbocycles. The Labute approximate surface area is 96.1 Å². The monoisotopic (exact) mass is 238 g/mol. The Hall–Kier alpha value is -1.69. The maximum absolute atomic E-state index is 11.5. The van der Waals surface area contributed by atoms with Gasteiger partial charge in [-0.3, -0.25) is 0 Å². The van der Waals surface area contributed by atoms with Crippen molar-refractivity contribution in [2.24, 2.45) is 0 Å². The number of rotatable bonds is 3. The number of nitrogens with zero attached hydrogens (tertiary/aromatic N) is 2. The molecular formula is C10H10N2O3S. The quantitative estimate of drug-likeness (QED) is 0.767. The summed E-state index contributed by atoms with van der Waals surface area (Å²) in [6, 6.07) is 0. The molecule has 0 atom stereocenters. The van der Waals surface area contributed by atoms with Crippen LogP contribution in [0.5, 0.6) is 0 Å². The molecule has 16 heavy (non-hydrogen) atoms. The van der Waals surface area contributed by atoms with Crippen LogP contribution in [0.2, 0.25) is 0 Å². The molecule has 0 saturated carbocycles. The van der Waals surface area contributed by atoms with Crippen LogP contribution >= 0.6 is 11.3 Å². The smallest absolute Gasteiger partial charge is 0.361 e. The van der Waals surface area contributed by atoms with E-state index in [1.807, 2.05) is 6.92 Å². The second-order valence-electron chi connectivity index (χ2n) is 2.99. The highest BCUT2D eigenvalue weighted by Crippen LogP contribution is 2.28. The number of esters is 1. The molecule has 2 aromatic rings. The average Bonchev–Trinajstić information content (AvgIpc) is 2.85. The van der Waals surface area contributed by atoms with Crippen LogP contribution in [0.4, 0.5) is 0 Å². The number of hydrogen-bond donors (Lipinski definition) is 0. The minimum absolute atomic E-state index is 0.200. The fourth-order valence-electron chi connectivity index (χ4n) is 1.23. The second kappa shape index (κ2) is 4.44. The van der Waals surface area contributed by atoms with Gasteiger partial charge in [-0.05, 0) is 13.8 Å². The van der Waals surface area contributed by atoms with Gasteiger partial charge in [-0.2, -0.15) is 0 Å². The number of carbonyl (C=O) groups is 1. The number of hydrogen-bond acceptors (Lipinski definition) is 6. The summed E-state index contributed by atoms with van der Waals surface area (Å²) in [6.45, 7) is 3.94. The van der Waals surface area contributed by atoms with Crippen LogP contribution in [0.3, 0.4) is 0 Å². The van der Waals surface area contributed by atoms with Crippen molar-refractivity contribution < 1.29 is 13.9 Å². The van der Waals surface area contributed by atoms with Crippen LogP contribution in [-0.2, 0) is 4.74 Å². The van der Waals surface area contributed by atoms with Crippen LogP contribution in [0.15, 0.2) is 17.0 Å². The Morgan fingerprint density at radius 3 is 3.00 bits per heavy atom. The molecule has 2 aromatic heterocycles. The van der Waals surface area contributed by atoms with E-state index in [0.717, 1.165) is 9.88 Å². The van der Waals surface area contributed by atoms with Gasteiger partial charge >= 0.3 is 5.97 Å². The average molecular weight is 238 g/mol. The fraction of sp³-hybridized carbons (Fsp3) is 0.300. The van der Waals surface area contributed by atoms with Crippen molar-refractivity contribution >= 4 is 17.3 Å². The molecule has 5 nitrogen and oxygen atoms in total. The maximum atomic E-state index is 11.5. The van der Waals surface area contributed by atoms with Crippen molar-refractivity contribution in [3.8, 4) is 10.6 Å². The summed E-state index contributed by atoms with van der Waals surface area (Å²) in [6.07, 6.45) is 2.89. The molecule has 84 valence electrons. The zero-order valence-corrected chi connectivity index (χ0v) is 9.71. The zero-order chi connectivity index (χ0) is 11.5. The molecule has 0 spiro atoms. The first-order valence-corrected chi connectivity index (χ1v) is 5.57. The van der Waals surface area contributed by atoms with Gasteiger partial charge in [0, 0.05) is 6.20 Å². The van der Waals surface area contributed by atoms with E-state index in [0.29, 0.717) is 12.4 Å². The van der Waals surface area contributed by atoms with Gasteiger partial charge in [0.1, 0.15) is 0 Å². The van der Waals surface area contributed by atoms with Crippen LogP contribution in [0.25, 0.3) is 10.6 Å². The van der Waals surface area contributed by atoms with Gasteiger partial charge in [0.15, 0.2) is 17.8 Å². The van der Waals surface area contributed by atoms with E-state index in [4.69, 9.17) is 9.15 Å². The molecule has 0 N–H and O–H groups in total. The normalized spacial score (nSPS) is 10.4. The van der Waals surface area contributed by atoms with Crippen molar-refractivity contribution in [2.45, 2.75) is 13.8 Å². The van der Waals surface area contributed by atoms with Gasteiger partial charge in [0.2, 0.25) is 0 Å². The minimum Gasteiger partial charge on any atom is -0.461 e. The lowest BCUT2D eigenvalue weighted by Crippen LogP contribution is -2.06. The maximum Gasteiger partial charge on any atom is 0.361 e. The standard InChI is InChI=1S/C10H10N2O3S/c1-3-14-10(13)8-9(15-5-12-8)7-4-11-6(2)16-7/h4-5H,3H2,1-2H3. The molecule has 0 bridgehead atoms. The molecule has 0 aliphatic rings. The van der Waals surface area contributed by atoms with E-state index in [1.165, 1.54) is 17.7 Å². The lowest BCUT2D eigenvalue weighted by atomic mass is 10.3. The summed E-state index contributed by atoms with van der Waals surface area (Å²) in [5, 5.41) is 0.904. The highest BCUT2D eigenvalue weighted by molar-refractivity contribution is 7.15. The van der Waals surface area contributed by atoms with Crippen LogP contribution in [-0.4, -0.2) is 22.5 Å². The van der Waals surface area contributed by atoms with Crippen LogP contribution in [0.1, 0.15) is 22.4 Å². The SMILES string of the molecule is CCOC(=O)c1ncoc1-c1cnc(C)s1. The zero-order valence-electron chi connectivity index (χ0n) is 8.89. The topological polar surface area (TPSA) is 65.2 Å². The molecule has 2 rings (SSSR count). The number of aromatic nitrogens is 2. The summed E-state index contributed by atoms with van der Waals surface area (Å²) in [7, 11) is 0. The Balaban J connectivity index is 2.36. The molecule has 0 amide bonds. The van der Waals surface area contributed by atoms with E-state index in [9.17, 15) is 4.79 Å². The fourth-order valence-corrected chi connectivity index (χ4v) is 2.00. The lowest BCUT2D eigenvalue weighted by molar-refractivity contribution is 0.0520. The van der Waals surface area contributed by atoms with Gasteiger partial charge in [0.05, 0.1) is 16.5 Å². The predicted octanol–water partition coefficient (Wildman–Crippen LogP) is 2.28. The lowest BCUT2D eigenvalue weighted by Gasteiger charge is -1.98. The minimum atomic E-state index is -0.475. The summed E-state index contributed by atoms with van der Waals surface area (Å²) >= 11 is 1.44. The first-order chi connectivity index (χ1) is 7.72. The van der Waals surface area contributed by atoms with Crippen molar-refractivity contribution in [2.75, 3.05) is 6.61 Å². The number of ether oxygens (including phenoxy) is 1. The first-order valence-electron chi connectivity index (χ1n) is 4.75. The molecule has 0 fully saturated rings. The molecule has 0 aromatic carbocycles. The van der Waals surface area contributed by atoms with Crippen LogP contribution in [0, 0.1) is 6.92 Å².